The summed E-state index contributed by atoms with van der Waals surface area (Å²) in [6, 6.07) is 5.92. The van der Waals surface area contributed by atoms with Gasteiger partial charge in [0.2, 0.25) is 5.91 Å². The zero-order valence-electron chi connectivity index (χ0n) is 14.8. The quantitative estimate of drug-likeness (QED) is 0.525. The van der Waals surface area contributed by atoms with Crippen molar-refractivity contribution in [2.24, 2.45) is 13.0 Å². The van der Waals surface area contributed by atoms with Crippen LogP contribution in [0.3, 0.4) is 0 Å². The number of carbonyl (C=O) groups is 2. The Balaban J connectivity index is 1.31. The standard InChI is InChI=1S/C17H20FN5O3S/c1-22-11-20-21-17(22)27-7-6-19-16(25)12-8-23(9-12)15(24)10-26-14-5-3-2-4-13(14)18/h2-5,11-12H,6-10H2,1H3,(H,19,25). The summed E-state index contributed by atoms with van der Waals surface area (Å²) in [5.41, 5.74) is 0. The molecule has 3 rings (SSSR count). The third-order valence-electron chi connectivity index (χ3n) is 4.10. The van der Waals surface area contributed by atoms with Crippen LogP contribution in [-0.4, -0.2) is 63.5 Å². The van der Waals surface area contributed by atoms with E-state index < -0.39 is 5.82 Å². The number of para-hydroxylation sites is 1. The van der Waals surface area contributed by atoms with Crippen LogP contribution in [0.4, 0.5) is 4.39 Å². The van der Waals surface area contributed by atoms with Gasteiger partial charge in [0.05, 0.1) is 5.92 Å². The number of thioether (sulfide) groups is 1. The summed E-state index contributed by atoms with van der Waals surface area (Å²) >= 11 is 1.51. The first-order valence-electron chi connectivity index (χ1n) is 8.44. The molecule has 8 nitrogen and oxygen atoms in total. The van der Waals surface area contributed by atoms with E-state index in [0.717, 1.165) is 5.16 Å². The van der Waals surface area contributed by atoms with E-state index >= 15 is 0 Å². The van der Waals surface area contributed by atoms with E-state index in [1.807, 2.05) is 11.6 Å². The van der Waals surface area contributed by atoms with Crippen molar-refractivity contribution < 1.29 is 18.7 Å². The fraction of sp³-hybridized carbons (Fsp3) is 0.412. The number of amides is 2. The summed E-state index contributed by atoms with van der Waals surface area (Å²) in [6.45, 7) is 0.963. The van der Waals surface area contributed by atoms with Crippen molar-refractivity contribution >= 4 is 23.6 Å². The van der Waals surface area contributed by atoms with Gasteiger partial charge in [-0.25, -0.2) is 4.39 Å². The average molecular weight is 393 g/mol. The van der Waals surface area contributed by atoms with E-state index in [2.05, 4.69) is 15.5 Å². The predicted octanol–water partition coefficient (Wildman–Crippen LogP) is 0.700. The number of nitrogens with zero attached hydrogens (tertiary/aromatic N) is 4. The van der Waals surface area contributed by atoms with Gasteiger partial charge in [0, 0.05) is 32.4 Å². The maximum Gasteiger partial charge on any atom is 0.260 e. The Hall–Kier alpha value is -2.62. The van der Waals surface area contributed by atoms with E-state index in [4.69, 9.17) is 4.74 Å². The van der Waals surface area contributed by atoms with Gasteiger partial charge in [0.25, 0.3) is 5.91 Å². The maximum absolute atomic E-state index is 13.5. The number of aryl methyl sites for hydroxylation is 1. The van der Waals surface area contributed by atoms with Crippen LogP contribution in [-0.2, 0) is 16.6 Å². The molecule has 1 aliphatic heterocycles. The minimum atomic E-state index is -0.509. The van der Waals surface area contributed by atoms with E-state index in [0.29, 0.717) is 25.4 Å². The van der Waals surface area contributed by atoms with Crippen molar-refractivity contribution in [2.45, 2.75) is 5.16 Å². The smallest absolute Gasteiger partial charge is 0.260 e. The van der Waals surface area contributed by atoms with Crippen molar-refractivity contribution in [3.63, 3.8) is 0 Å². The van der Waals surface area contributed by atoms with Crippen LogP contribution in [0.25, 0.3) is 0 Å². The summed E-state index contributed by atoms with van der Waals surface area (Å²) in [6.07, 6.45) is 1.62. The van der Waals surface area contributed by atoms with Crippen LogP contribution in [0.15, 0.2) is 35.7 Å². The lowest BCUT2D eigenvalue weighted by molar-refractivity contribution is -0.144. The largest absolute Gasteiger partial charge is 0.481 e. The Morgan fingerprint density at radius 2 is 2.15 bits per heavy atom. The van der Waals surface area contributed by atoms with Crippen LogP contribution in [0.2, 0.25) is 0 Å². The average Bonchev–Trinajstić information content (AvgIpc) is 3.02. The molecule has 0 spiro atoms. The second-order valence-electron chi connectivity index (χ2n) is 6.08. The number of hydrogen-bond donors (Lipinski definition) is 1. The van der Waals surface area contributed by atoms with Crippen molar-refractivity contribution in [3.8, 4) is 5.75 Å². The molecule has 144 valence electrons. The molecule has 1 aromatic carbocycles. The molecular weight excluding hydrogens is 373 g/mol. The number of benzene rings is 1. The normalized spacial score (nSPS) is 13.9. The van der Waals surface area contributed by atoms with E-state index in [1.165, 1.54) is 28.8 Å². The molecule has 0 bridgehead atoms. The topological polar surface area (TPSA) is 89.4 Å². The molecule has 0 radical (unpaired) electrons. The highest BCUT2D eigenvalue weighted by Gasteiger charge is 2.35. The van der Waals surface area contributed by atoms with Gasteiger partial charge in [-0.2, -0.15) is 0 Å². The molecule has 0 unspecified atom stereocenters. The van der Waals surface area contributed by atoms with E-state index in [-0.39, 0.29) is 30.1 Å². The first kappa shape index (κ1) is 19.2. The molecule has 0 atom stereocenters. The lowest BCUT2D eigenvalue weighted by Crippen LogP contribution is -2.56. The molecule has 1 N–H and O–H groups in total. The molecule has 27 heavy (non-hydrogen) atoms. The van der Waals surface area contributed by atoms with Crippen LogP contribution >= 0.6 is 11.8 Å². The highest BCUT2D eigenvalue weighted by Crippen LogP contribution is 2.18. The van der Waals surface area contributed by atoms with Crippen molar-refractivity contribution in [1.29, 1.82) is 0 Å². The highest BCUT2D eigenvalue weighted by atomic mass is 32.2. The second kappa shape index (κ2) is 8.85. The third-order valence-corrected chi connectivity index (χ3v) is 5.13. The van der Waals surface area contributed by atoms with Gasteiger partial charge in [-0.3, -0.25) is 9.59 Å². The number of carbonyl (C=O) groups excluding carboxylic acids is 2. The Bertz CT molecular complexity index is 809. The Labute approximate surface area is 160 Å². The summed E-state index contributed by atoms with van der Waals surface area (Å²) in [7, 11) is 1.86. The Morgan fingerprint density at radius 3 is 2.85 bits per heavy atom. The maximum atomic E-state index is 13.5. The lowest BCUT2D eigenvalue weighted by Gasteiger charge is -2.38. The van der Waals surface area contributed by atoms with Gasteiger partial charge < -0.3 is 19.5 Å². The Kier molecular flexibility index (Phi) is 6.28. The second-order valence-corrected chi connectivity index (χ2v) is 7.14. The number of halogens is 1. The van der Waals surface area contributed by atoms with Crippen LogP contribution < -0.4 is 10.1 Å². The minimum absolute atomic E-state index is 0.0427. The number of aromatic nitrogens is 3. The van der Waals surface area contributed by atoms with Crippen molar-refractivity contribution in [2.75, 3.05) is 32.0 Å². The van der Waals surface area contributed by atoms with Gasteiger partial charge >= 0.3 is 0 Å². The molecule has 2 aromatic rings. The molecule has 0 aliphatic carbocycles. The van der Waals surface area contributed by atoms with Crippen LogP contribution in [0, 0.1) is 11.7 Å². The summed E-state index contributed by atoms with van der Waals surface area (Å²) in [4.78, 5) is 25.6. The number of rotatable bonds is 8. The van der Waals surface area contributed by atoms with Crippen molar-refractivity contribution in [3.05, 3.63) is 36.4 Å². The molecular formula is C17H20FN5O3S. The molecule has 10 heteroatoms. The van der Waals surface area contributed by atoms with E-state index in [9.17, 15) is 14.0 Å². The highest BCUT2D eigenvalue weighted by molar-refractivity contribution is 7.99. The van der Waals surface area contributed by atoms with Crippen molar-refractivity contribution in [1.82, 2.24) is 25.0 Å². The molecule has 1 saturated heterocycles. The predicted molar refractivity (Wildman–Crippen MR) is 96.7 cm³/mol. The number of ether oxygens (including phenoxy) is 1. The summed E-state index contributed by atoms with van der Waals surface area (Å²) in [5, 5.41) is 11.4. The molecule has 1 fully saturated rings. The van der Waals surface area contributed by atoms with Gasteiger partial charge in [-0.15, -0.1) is 10.2 Å². The van der Waals surface area contributed by atoms with Gasteiger partial charge in [-0.1, -0.05) is 23.9 Å². The first-order valence-corrected chi connectivity index (χ1v) is 9.42. The fourth-order valence-electron chi connectivity index (χ4n) is 2.50. The van der Waals surface area contributed by atoms with Gasteiger partial charge in [0.1, 0.15) is 6.33 Å². The number of likely N-dealkylation sites (tertiary alicyclic amines) is 1. The van der Waals surface area contributed by atoms with Crippen LogP contribution in [0.5, 0.6) is 5.75 Å². The van der Waals surface area contributed by atoms with Gasteiger partial charge in [0.15, 0.2) is 23.3 Å². The lowest BCUT2D eigenvalue weighted by atomic mass is 9.99. The minimum Gasteiger partial charge on any atom is -0.481 e. The van der Waals surface area contributed by atoms with Gasteiger partial charge in [-0.05, 0) is 12.1 Å². The molecule has 2 heterocycles. The first-order chi connectivity index (χ1) is 13.0. The monoisotopic (exact) mass is 393 g/mol. The Morgan fingerprint density at radius 1 is 1.37 bits per heavy atom. The zero-order chi connectivity index (χ0) is 19.2. The summed E-state index contributed by atoms with van der Waals surface area (Å²) in [5.74, 6) is -0.342. The van der Waals surface area contributed by atoms with Crippen LogP contribution in [0.1, 0.15) is 0 Å². The van der Waals surface area contributed by atoms with E-state index in [1.54, 1.807) is 18.5 Å². The number of nitrogens with one attached hydrogen (secondary N) is 1. The fourth-order valence-corrected chi connectivity index (χ4v) is 3.25. The zero-order valence-corrected chi connectivity index (χ0v) is 15.6. The SMILES string of the molecule is Cn1cnnc1SCCNC(=O)C1CN(C(=O)COc2ccccc2F)C1. The molecule has 1 aliphatic rings. The molecule has 0 saturated carbocycles. The molecule has 2 amide bonds. The summed E-state index contributed by atoms with van der Waals surface area (Å²) < 4.78 is 20.5. The molecule has 1 aromatic heterocycles. The number of hydrogen-bond acceptors (Lipinski definition) is 6. The third kappa shape index (κ3) is 4.97.